The van der Waals surface area contributed by atoms with Crippen LogP contribution < -0.4 is 15.2 Å². The van der Waals surface area contributed by atoms with Gasteiger partial charge in [0, 0.05) is 5.56 Å². The first kappa shape index (κ1) is 14.1. The Kier molecular flexibility index (Phi) is 5.05. The Balaban J connectivity index is 0.00000144. The normalized spacial score (nSPS) is 16.2. The Morgan fingerprint density at radius 1 is 1.41 bits per heavy atom. The minimum atomic E-state index is -0.541. The lowest BCUT2D eigenvalue weighted by Crippen LogP contribution is -2.26. The zero-order chi connectivity index (χ0) is 11.5. The average Bonchev–Trinajstić information content (AvgIpc) is 2.76. The Morgan fingerprint density at radius 2 is 2.18 bits per heavy atom. The van der Waals surface area contributed by atoms with E-state index in [0.29, 0.717) is 17.9 Å². The average molecular weight is 260 g/mol. The standard InChI is InChI=1S/C12H17NO3.ClH/c1-2-4-9(14)11(13)8-5-3-6-10-12(8)16-7-15-10;/h3,5-6,9,11,14H,2,4,7,13H2,1H3;1H/t9-,11+;/m0./s1. The third-order valence-electron chi connectivity index (χ3n) is 2.79. The number of fused-ring (bicyclic) bond motifs is 1. The molecule has 0 unspecified atom stereocenters. The van der Waals surface area contributed by atoms with Gasteiger partial charge in [-0.05, 0) is 12.5 Å². The zero-order valence-electron chi connectivity index (χ0n) is 9.76. The van der Waals surface area contributed by atoms with Gasteiger partial charge in [0.25, 0.3) is 0 Å². The summed E-state index contributed by atoms with van der Waals surface area (Å²) in [5.41, 5.74) is 6.83. The predicted molar refractivity (Wildman–Crippen MR) is 67.7 cm³/mol. The summed E-state index contributed by atoms with van der Waals surface area (Å²) in [5, 5.41) is 9.88. The van der Waals surface area contributed by atoms with E-state index in [-0.39, 0.29) is 19.2 Å². The van der Waals surface area contributed by atoms with Crippen LogP contribution in [0.3, 0.4) is 0 Å². The molecule has 0 aliphatic carbocycles. The van der Waals surface area contributed by atoms with Crippen molar-refractivity contribution in [1.82, 2.24) is 0 Å². The number of nitrogens with two attached hydrogens (primary N) is 1. The quantitative estimate of drug-likeness (QED) is 0.868. The summed E-state index contributed by atoms with van der Waals surface area (Å²) >= 11 is 0. The molecule has 3 N–H and O–H groups in total. The van der Waals surface area contributed by atoms with Crippen molar-refractivity contribution in [2.24, 2.45) is 5.73 Å². The van der Waals surface area contributed by atoms with E-state index in [2.05, 4.69) is 0 Å². The highest BCUT2D eigenvalue weighted by Gasteiger charge is 2.24. The molecular formula is C12H18ClNO3. The molecule has 96 valence electrons. The molecule has 1 aromatic rings. The van der Waals surface area contributed by atoms with Crippen molar-refractivity contribution in [3.05, 3.63) is 23.8 Å². The molecule has 1 heterocycles. The highest BCUT2D eigenvalue weighted by Crippen LogP contribution is 2.38. The van der Waals surface area contributed by atoms with Crippen molar-refractivity contribution >= 4 is 12.4 Å². The Bertz CT molecular complexity index is 373. The molecule has 1 aromatic carbocycles. The van der Waals surface area contributed by atoms with Crippen LogP contribution in [0.5, 0.6) is 11.5 Å². The van der Waals surface area contributed by atoms with Gasteiger partial charge in [0.2, 0.25) is 6.79 Å². The molecule has 2 rings (SSSR count). The second-order valence-corrected chi connectivity index (χ2v) is 3.96. The van der Waals surface area contributed by atoms with Crippen LogP contribution in [-0.4, -0.2) is 18.0 Å². The second kappa shape index (κ2) is 6.10. The summed E-state index contributed by atoms with van der Waals surface area (Å²) in [4.78, 5) is 0. The molecule has 17 heavy (non-hydrogen) atoms. The van der Waals surface area contributed by atoms with E-state index in [0.717, 1.165) is 12.0 Å². The highest BCUT2D eigenvalue weighted by molar-refractivity contribution is 5.85. The second-order valence-electron chi connectivity index (χ2n) is 3.96. The van der Waals surface area contributed by atoms with Crippen molar-refractivity contribution in [2.45, 2.75) is 31.9 Å². The fourth-order valence-corrected chi connectivity index (χ4v) is 1.90. The van der Waals surface area contributed by atoms with Gasteiger partial charge in [0.05, 0.1) is 12.1 Å². The number of hydrogen-bond acceptors (Lipinski definition) is 4. The Morgan fingerprint density at radius 3 is 2.88 bits per heavy atom. The number of halogens is 1. The number of benzene rings is 1. The first-order valence-electron chi connectivity index (χ1n) is 5.56. The topological polar surface area (TPSA) is 64.7 Å². The molecule has 2 atom stereocenters. The van der Waals surface area contributed by atoms with Crippen molar-refractivity contribution in [3.63, 3.8) is 0 Å². The molecule has 5 heteroatoms. The summed E-state index contributed by atoms with van der Waals surface area (Å²) in [5.74, 6) is 1.38. The lowest BCUT2D eigenvalue weighted by atomic mass is 9.98. The third-order valence-corrected chi connectivity index (χ3v) is 2.79. The largest absolute Gasteiger partial charge is 0.454 e. The van der Waals surface area contributed by atoms with E-state index in [9.17, 15) is 5.11 Å². The van der Waals surface area contributed by atoms with Gasteiger partial charge in [0.15, 0.2) is 11.5 Å². The first-order valence-corrected chi connectivity index (χ1v) is 5.56. The number of para-hydroxylation sites is 1. The van der Waals surface area contributed by atoms with Gasteiger partial charge in [-0.25, -0.2) is 0 Å². The van der Waals surface area contributed by atoms with E-state index in [1.54, 1.807) is 0 Å². The van der Waals surface area contributed by atoms with Crippen LogP contribution in [0.2, 0.25) is 0 Å². The third kappa shape index (κ3) is 2.83. The Hall–Kier alpha value is -0.970. The van der Waals surface area contributed by atoms with Crippen LogP contribution in [0, 0.1) is 0 Å². The molecule has 0 radical (unpaired) electrons. The number of aliphatic hydroxyl groups excluding tert-OH is 1. The van der Waals surface area contributed by atoms with Gasteiger partial charge in [0.1, 0.15) is 0 Å². The van der Waals surface area contributed by atoms with Crippen molar-refractivity contribution in [1.29, 1.82) is 0 Å². The number of hydrogen-bond donors (Lipinski definition) is 2. The van der Waals surface area contributed by atoms with Crippen LogP contribution in [0.4, 0.5) is 0 Å². The monoisotopic (exact) mass is 259 g/mol. The molecule has 0 spiro atoms. The van der Waals surface area contributed by atoms with Crippen LogP contribution in [0.1, 0.15) is 31.4 Å². The fraction of sp³-hybridized carbons (Fsp3) is 0.500. The molecule has 0 saturated carbocycles. The van der Waals surface area contributed by atoms with E-state index < -0.39 is 12.1 Å². The maximum atomic E-state index is 9.88. The van der Waals surface area contributed by atoms with Gasteiger partial charge >= 0.3 is 0 Å². The smallest absolute Gasteiger partial charge is 0.231 e. The number of aliphatic hydroxyl groups is 1. The molecular weight excluding hydrogens is 242 g/mol. The molecule has 4 nitrogen and oxygen atoms in total. The molecule has 0 aromatic heterocycles. The zero-order valence-corrected chi connectivity index (χ0v) is 10.6. The van der Waals surface area contributed by atoms with Gasteiger partial charge in [-0.15, -0.1) is 12.4 Å². The van der Waals surface area contributed by atoms with Gasteiger partial charge in [-0.2, -0.15) is 0 Å². The maximum Gasteiger partial charge on any atom is 0.231 e. The highest BCUT2D eigenvalue weighted by atomic mass is 35.5. The lowest BCUT2D eigenvalue weighted by Gasteiger charge is -2.19. The summed E-state index contributed by atoms with van der Waals surface area (Å²) in [6.45, 7) is 2.24. The lowest BCUT2D eigenvalue weighted by molar-refractivity contribution is 0.131. The minimum absolute atomic E-state index is 0. The summed E-state index contributed by atoms with van der Waals surface area (Å²) in [6.07, 6.45) is 1.05. The summed E-state index contributed by atoms with van der Waals surface area (Å²) < 4.78 is 10.6. The van der Waals surface area contributed by atoms with Gasteiger partial charge < -0.3 is 20.3 Å². The minimum Gasteiger partial charge on any atom is -0.454 e. The molecule has 0 amide bonds. The van der Waals surface area contributed by atoms with E-state index in [4.69, 9.17) is 15.2 Å². The molecule has 1 aliphatic rings. The van der Waals surface area contributed by atoms with Crippen LogP contribution in [0.15, 0.2) is 18.2 Å². The predicted octanol–water partition coefficient (Wildman–Crippen LogP) is 2.00. The Labute approximate surface area is 107 Å². The summed E-state index contributed by atoms with van der Waals surface area (Å²) in [6, 6.07) is 5.15. The van der Waals surface area contributed by atoms with Crippen molar-refractivity contribution < 1.29 is 14.6 Å². The van der Waals surface area contributed by atoms with Crippen LogP contribution in [0.25, 0.3) is 0 Å². The van der Waals surface area contributed by atoms with Gasteiger partial charge in [-0.3, -0.25) is 0 Å². The maximum absolute atomic E-state index is 9.88. The van der Waals surface area contributed by atoms with Crippen molar-refractivity contribution in [2.75, 3.05) is 6.79 Å². The SMILES string of the molecule is CCC[C@H](O)[C@H](N)c1cccc2c1OCO2.Cl. The number of rotatable bonds is 4. The fourth-order valence-electron chi connectivity index (χ4n) is 1.90. The molecule has 0 bridgehead atoms. The summed E-state index contributed by atoms with van der Waals surface area (Å²) in [7, 11) is 0. The van der Waals surface area contributed by atoms with Crippen molar-refractivity contribution in [3.8, 4) is 11.5 Å². The van der Waals surface area contributed by atoms with Crippen LogP contribution >= 0.6 is 12.4 Å². The molecule has 1 aliphatic heterocycles. The van der Waals surface area contributed by atoms with E-state index in [1.807, 2.05) is 25.1 Å². The van der Waals surface area contributed by atoms with Gasteiger partial charge in [-0.1, -0.05) is 25.5 Å². The first-order chi connectivity index (χ1) is 7.74. The van der Waals surface area contributed by atoms with E-state index in [1.165, 1.54) is 0 Å². The van der Waals surface area contributed by atoms with E-state index >= 15 is 0 Å². The number of ether oxygens (including phenoxy) is 2. The molecule has 0 fully saturated rings. The van der Waals surface area contributed by atoms with Crippen LogP contribution in [-0.2, 0) is 0 Å². The molecule has 0 saturated heterocycles.